The number of hydrogen-bond acceptors (Lipinski definition) is 8. The Morgan fingerprint density at radius 2 is 1.71 bits per heavy atom. The average Bonchev–Trinajstić information content (AvgIpc) is 3.06. The van der Waals surface area contributed by atoms with Crippen molar-refractivity contribution >= 4 is 45.4 Å². The summed E-state index contributed by atoms with van der Waals surface area (Å²) in [6.07, 6.45) is -4.95. The number of rotatable bonds is 5. The largest absolute Gasteiger partial charge is 0.438 e. The molecule has 260 valence electrons. The van der Waals surface area contributed by atoms with Gasteiger partial charge in [-0.15, -0.1) is 0 Å². The summed E-state index contributed by atoms with van der Waals surface area (Å²) < 4.78 is 53.1. The van der Waals surface area contributed by atoms with Gasteiger partial charge in [0.1, 0.15) is 5.60 Å². The van der Waals surface area contributed by atoms with Gasteiger partial charge in [-0.2, -0.15) is 13.2 Å². The van der Waals surface area contributed by atoms with Crippen LogP contribution in [0.3, 0.4) is 0 Å². The number of nitrogen functional groups attached to an aromatic ring is 1. The normalized spacial score (nSPS) is 21.3. The van der Waals surface area contributed by atoms with Gasteiger partial charge in [0.15, 0.2) is 6.10 Å². The van der Waals surface area contributed by atoms with Crippen molar-refractivity contribution in [1.29, 1.82) is 0 Å². The third kappa shape index (κ3) is 7.22. The first-order valence-corrected chi connectivity index (χ1v) is 17.0. The van der Waals surface area contributed by atoms with Gasteiger partial charge in [-0.3, -0.25) is 15.0 Å². The third-order valence-corrected chi connectivity index (χ3v) is 10.7. The zero-order valence-electron chi connectivity index (χ0n) is 26.7. The predicted octanol–water partition coefficient (Wildman–Crippen LogP) is 4.89. The molecule has 0 saturated carbocycles. The van der Waals surface area contributed by atoms with Crippen molar-refractivity contribution in [3.63, 3.8) is 0 Å². The number of hydrogen-bond donors (Lipinski definition) is 2. The van der Waals surface area contributed by atoms with E-state index >= 15 is 0 Å². The van der Waals surface area contributed by atoms with Gasteiger partial charge in [-0.05, 0) is 72.7 Å². The SMILES string of the molecule is CN1CCC(N2CCN(C(=O)[C@@H](Cc3cc(Br)c(N)c(C(F)(F)F)c3)OC(=O)N3CCC4(CC3)OC(=O)Nc3ccccc34)CC2)CC1. The van der Waals surface area contributed by atoms with Gasteiger partial charge < -0.3 is 29.9 Å². The number of fused-ring (bicyclic) bond motifs is 2. The molecule has 3 saturated heterocycles. The lowest BCUT2D eigenvalue weighted by atomic mass is 9.82. The smallest absolute Gasteiger partial charge is 0.418 e. The lowest BCUT2D eigenvalue weighted by Crippen LogP contribution is -2.56. The second-order valence-electron chi connectivity index (χ2n) is 13.1. The Labute approximate surface area is 285 Å². The minimum atomic E-state index is -4.72. The van der Waals surface area contributed by atoms with Crippen LogP contribution in [-0.2, 0) is 32.5 Å². The highest BCUT2D eigenvalue weighted by atomic mass is 79.9. The Kier molecular flexibility index (Phi) is 9.83. The summed E-state index contributed by atoms with van der Waals surface area (Å²) in [6, 6.07) is 10.1. The van der Waals surface area contributed by atoms with Crippen LogP contribution in [0.5, 0.6) is 0 Å². The molecule has 0 aromatic heterocycles. The predicted molar refractivity (Wildman–Crippen MR) is 175 cm³/mol. The van der Waals surface area contributed by atoms with E-state index in [0.717, 1.165) is 37.6 Å². The molecule has 4 aliphatic heterocycles. The van der Waals surface area contributed by atoms with Gasteiger partial charge >= 0.3 is 18.4 Å². The molecule has 11 nitrogen and oxygen atoms in total. The van der Waals surface area contributed by atoms with E-state index in [2.05, 4.69) is 38.1 Å². The highest BCUT2D eigenvalue weighted by Gasteiger charge is 2.46. The monoisotopic (exact) mass is 736 g/mol. The maximum Gasteiger partial charge on any atom is 0.418 e. The van der Waals surface area contributed by atoms with Crippen LogP contribution in [0.15, 0.2) is 40.9 Å². The van der Waals surface area contributed by atoms with Crippen LogP contribution in [0.1, 0.15) is 42.4 Å². The van der Waals surface area contributed by atoms with Crippen LogP contribution in [0.4, 0.5) is 34.1 Å². The van der Waals surface area contributed by atoms with Gasteiger partial charge in [0.05, 0.1) is 16.9 Å². The minimum absolute atomic E-state index is 0.0368. The van der Waals surface area contributed by atoms with Crippen molar-refractivity contribution in [1.82, 2.24) is 19.6 Å². The zero-order chi connectivity index (χ0) is 34.2. The van der Waals surface area contributed by atoms with E-state index in [0.29, 0.717) is 50.7 Å². The summed E-state index contributed by atoms with van der Waals surface area (Å²) in [7, 11) is 2.11. The number of alkyl halides is 3. The first-order chi connectivity index (χ1) is 22.8. The number of benzene rings is 2. The summed E-state index contributed by atoms with van der Waals surface area (Å²) in [5, 5.41) is 2.71. The number of halogens is 4. The Bertz CT molecular complexity index is 1540. The van der Waals surface area contributed by atoms with E-state index in [1.807, 2.05) is 18.2 Å². The lowest BCUT2D eigenvalue weighted by Gasteiger charge is -2.44. The molecular weight excluding hydrogens is 697 g/mol. The molecule has 3 fully saturated rings. The molecule has 4 aliphatic rings. The van der Waals surface area contributed by atoms with E-state index < -0.39 is 47.2 Å². The molecule has 6 rings (SSSR count). The van der Waals surface area contributed by atoms with Gasteiger partial charge in [0.25, 0.3) is 5.91 Å². The lowest BCUT2D eigenvalue weighted by molar-refractivity contribution is -0.143. The maximum atomic E-state index is 14.0. The topological polar surface area (TPSA) is 121 Å². The van der Waals surface area contributed by atoms with Crippen LogP contribution < -0.4 is 11.1 Å². The second-order valence-corrected chi connectivity index (χ2v) is 13.9. The Hall–Kier alpha value is -3.56. The summed E-state index contributed by atoms with van der Waals surface area (Å²) in [5.74, 6) is -0.456. The number of piperidine rings is 2. The minimum Gasteiger partial charge on any atom is -0.438 e. The fourth-order valence-corrected chi connectivity index (χ4v) is 7.77. The van der Waals surface area contributed by atoms with Gasteiger partial charge in [-0.25, -0.2) is 9.59 Å². The molecule has 1 atom stereocenters. The van der Waals surface area contributed by atoms with Crippen LogP contribution in [-0.4, -0.2) is 109 Å². The average molecular weight is 738 g/mol. The molecule has 3 amide bonds. The number of nitrogens with zero attached hydrogens (tertiary/aromatic N) is 4. The molecule has 0 unspecified atom stereocenters. The number of anilines is 2. The number of nitrogens with two attached hydrogens (primary N) is 1. The fourth-order valence-electron chi connectivity index (χ4n) is 7.27. The molecule has 2 aromatic rings. The summed E-state index contributed by atoms with van der Waals surface area (Å²) in [5.41, 5.74) is 4.94. The summed E-state index contributed by atoms with van der Waals surface area (Å²) in [6.45, 7) is 4.56. The van der Waals surface area contributed by atoms with Crippen molar-refractivity contribution < 1.29 is 37.0 Å². The Morgan fingerprint density at radius 3 is 2.38 bits per heavy atom. The van der Waals surface area contributed by atoms with Gasteiger partial charge in [0, 0.05) is 74.6 Å². The zero-order valence-corrected chi connectivity index (χ0v) is 28.3. The number of ether oxygens (including phenoxy) is 2. The summed E-state index contributed by atoms with van der Waals surface area (Å²) in [4.78, 5) is 47.7. The maximum absolute atomic E-state index is 14.0. The van der Waals surface area contributed by atoms with E-state index in [4.69, 9.17) is 15.2 Å². The van der Waals surface area contributed by atoms with Gasteiger partial charge in [0.2, 0.25) is 0 Å². The molecule has 3 N–H and O–H groups in total. The number of likely N-dealkylation sites (tertiary alicyclic amines) is 2. The van der Waals surface area contributed by atoms with E-state index in [1.165, 1.54) is 11.0 Å². The highest BCUT2D eigenvalue weighted by Crippen LogP contribution is 2.43. The molecule has 4 heterocycles. The fraction of sp³-hybridized carbons (Fsp3) is 0.545. The van der Waals surface area contributed by atoms with Crippen molar-refractivity contribution in [2.24, 2.45) is 0 Å². The van der Waals surface area contributed by atoms with Crippen molar-refractivity contribution in [3.05, 3.63) is 57.6 Å². The first-order valence-electron chi connectivity index (χ1n) is 16.2. The van der Waals surface area contributed by atoms with Crippen LogP contribution in [0.25, 0.3) is 0 Å². The van der Waals surface area contributed by atoms with Crippen molar-refractivity contribution in [2.45, 2.75) is 56.0 Å². The molecule has 2 aromatic carbocycles. The highest BCUT2D eigenvalue weighted by molar-refractivity contribution is 9.10. The van der Waals surface area contributed by atoms with E-state index in [-0.39, 0.29) is 29.5 Å². The number of amides is 3. The van der Waals surface area contributed by atoms with E-state index in [9.17, 15) is 27.6 Å². The number of carbonyl (C=O) groups excluding carboxylic acids is 3. The number of para-hydroxylation sites is 1. The third-order valence-electron chi connectivity index (χ3n) is 10.0. The Morgan fingerprint density at radius 1 is 1.04 bits per heavy atom. The van der Waals surface area contributed by atoms with Crippen molar-refractivity contribution in [2.75, 3.05) is 70.5 Å². The standard InChI is InChI=1S/C33H40BrF3N6O5/c1-40-10-6-22(7-11-40)41-14-16-42(17-15-41)29(44)27(20-21-18-24(33(35,36)37)28(38)25(34)19-21)47-31(46)43-12-8-32(9-13-43)23-4-2-3-5-26(23)39-30(45)48-32/h2-5,18-19,22,27H,6-17,20,38H2,1H3,(H,39,45)/t27-/m1/s1. The quantitative estimate of drug-likeness (QED) is 0.417. The number of nitrogens with one attached hydrogen (secondary N) is 1. The molecule has 48 heavy (non-hydrogen) atoms. The number of piperazine rings is 1. The Balaban J connectivity index is 1.17. The van der Waals surface area contributed by atoms with Gasteiger partial charge in [-0.1, -0.05) is 18.2 Å². The van der Waals surface area contributed by atoms with E-state index in [1.54, 1.807) is 11.0 Å². The molecule has 0 bridgehead atoms. The number of carbonyl (C=O) groups is 3. The molecule has 15 heteroatoms. The van der Waals surface area contributed by atoms with Crippen LogP contribution in [0.2, 0.25) is 0 Å². The molecular formula is C33H40BrF3N6O5. The molecule has 1 spiro atoms. The van der Waals surface area contributed by atoms with Crippen molar-refractivity contribution in [3.8, 4) is 0 Å². The van der Waals surface area contributed by atoms with Crippen LogP contribution >= 0.6 is 15.9 Å². The molecule has 0 aliphatic carbocycles. The van der Waals surface area contributed by atoms with Crippen LogP contribution in [0, 0.1) is 0 Å². The first kappa shape index (κ1) is 34.3. The second kappa shape index (κ2) is 13.7. The summed E-state index contributed by atoms with van der Waals surface area (Å²) >= 11 is 3.12. The molecule has 0 radical (unpaired) electrons.